The van der Waals surface area contributed by atoms with E-state index in [-0.39, 0.29) is 5.82 Å². The predicted molar refractivity (Wildman–Crippen MR) is 101 cm³/mol. The lowest BCUT2D eigenvalue weighted by molar-refractivity contribution is 0.190. The lowest BCUT2D eigenvalue weighted by Crippen LogP contribution is -2.49. The molecule has 0 saturated carbocycles. The van der Waals surface area contributed by atoms with Crippen molar-refractivity contribution in [2.75, 3.05) is 32.7 Å². The standard InChI is InChI=1S/C20H25FN2O2S/c1-16-3-8-20(17(2)15-16)26(24,25)23-13-11-22(12-14-23)10-9-18-4-6-19(21)7-5-18/h3-8,15H,9-14H2,1-2H3. The van der Waals surface area contributed by atoms with Crippen LogP contribution in [0.4, 0.5) is 4.39 Å². The summed E-state index contributed by atoms with van der Waals surface area (Å²) in [5, 5.41) is 0. The van der Waals surface area contributed by atoms with E-state index in [2.05, 4.69) is 4.90 Å². The molecule has 1 fully saturated rings. The topological polar surface area (TPSA) is 40.6 Å². The number of hydrogen-bond donors (Lipinski definition) is 0. The minimum atomic E-state index is -3.44. The van der Waals surface area contributed by atoms with Gasteiger partial charge in [-0.1, -0.05) is 29.8 Å². The Balaban J connectivity index is 1.58. The number of sulfonamides is 1. The fraction of sp³-hybridized carbons (Fsp3) is 0.400. The Hall–Kier alpha value is -1.76. The van der Waals surface area contributed by atoms with Crippen molar-refractivity contribution in [2.24, 2.45) is 0 Å². The smallest absolute Gasteiger partial charge is 0.243 e. The number of halogens is 1. The summed E-state index contributed by atoms with van der Waals surface area (Å²) in [4.78, 5) is 2.67. The highest BCUT2D eigenvalue weighted by Crippen LogP contribution is 2.22. The minimum absolute atomic E-state index is 0.223. The zero-order chi connectivity index (χ0) is 18.7. The molecular formula is C20H25FN2O2S. The number of nitrogens with zero attached hydrogens (tertiary/aromatic N) is 2. The second-order valence-electron chi connectivity index (χ2n) is 6.89. The molecule has 2 aromatic rings. The number of hydrogen-bond acceptors (Lipinski definition) is 3. The zero-order valence-electron chi connectivity index (χ0n) is 15.3. The molecule has 0 bridgehead atoms. The van der Waals surface area contributed by atoms with E-state index in [1.54, 1.807) is 22.5 Å². The van der Waals surface area contributed by atoms with Gasteiger partial charge in [0.05, 0.1) is 4.90 Å². The molecule has 3 rings (SSSR count). The normalized spacial score (nSPS) is 16.7. The molecule has 0 spiro atoms. The van der Waals surface area contributed by atoms with Gasteiger partial charge in [-0.3, -0.25) is 0 Å². The van der Waals surface area contributed by atoms with E-state index >= 15 is 0 Å². The van der Waals surface area contributed by atoms with E-state index in [0.29, 0.717) is 31.1 Å². The molecule has 0 amide bonds. The third-order valence-electron chi connectivity index (χ3n) is 4.91. The van der Waals surface area contributed by atoms with Gasteiger partial charge in [0.25, 0.3) is 0 Å². The molecule has 4 nitrogen and oxygen atoms in total. The maximum Gasteiger partial charge on any atom is 0.243 e. The van der Waals surface area contributed by atoms with Crippen LogP contribution in [-0.2, 0) is 16.4 Å². The van der Waals surface area contributed by atoms with Crippen LogP contribution in [-0.4, -0.2) is 50.3 Å². The first-order valence-corrected chi connectivity index (χ1v) is 10.3. The van der Waals surface area contributed by atoms with Crippen molar-refractivity contribution >= 4 is 10.0 Å². The number of benzene rings is 2. The van der Waals surface area contributed by atoms with E-state index in [4.69, 9.17) is 0 Å². The van der Waals surface area contributed by atoms with Crippen LogP contribution in [0, 0.1) is 19.7 Å². The second-order valence-corrected chi connectivity index (χ2v) is 8.80. The van der Waals surface area contributed by atoms with E-state index in [0.717, 1.165) is 29.7 Å². The van der Waals surface area contributed by atoms with Gasteiger partial charge < -0.3 is 4.90 Å². The molecule has 1 heterocycles. The first kappa shape index (κ1) is 19.0. The van der Waals surface area contributed by atoms with Crippen LogP contribution in [0.5, 0.6) is 0 Å². The van der Waals surface area contributed by atoms with Gasteiger partial charge >= 0.3 is 0 Å². The quantitative estimate of drug-likeness (QED) is 0.806. The molecule has 0 N–H and O–H groups in total. The van der Waals surface area contributed by atoms with Gasteiger partial charge in [0.1, 0.15) is 5.82 Å². The van der Waals surface area contributed by atoms with E-state index in [1.165, 1.54) is 12.1 Å². The van der Waals surface area contributed by atoms with Crippen LogP contribution in [0.1, 0.15) is 16.7 Å². The molecule has 0 aliphatic carbocycles. The van der Waals surface area contributed by atoms with Crippen molar-refractivity contribution < 1.29 is 12.8 Å². The highest BCUT2D eigenvalue weighted by Gasteiger charge is 2.29. The monoisotopic (exact) mass is 376 g/mol. The lowest BCUT2D eigenvalue weighted by Gasteiger charge is -2.34. The van der Waals surface area contributed by atoms with Crippen molar-refractivity contribution in [3.63, 3.8) is 0 Å². The molecule has 0 atom stereocenters. The summed E-state index contributed by atoms with van der Waals surface area (Å²) >= 11 is 0. The lowest BCUT2D eigenvalue weighted by atomic mass is 10.1. The number of aryl methyl sites for hydroxylation is 2. The van der Waals surface area contributed by atoms with Crippen molar-refractivity contribution in [3.05, 3.63) is 65.0 Å². The van der Waals surface area contributed by atoms with Gasteiger partial charge in [-0.2, -0.15) is 4.31 Å². The summed E-state index contributed by atoms with van der Waals surface area (Å²) in [6.07, 6.45) is 0.837. The molecule has 2 aromatic carbocycles. The molecule has 140 valence electrons. The predicted octanol–water partition coefficient (Wildman–Crippen LogP) is 2.99. The Morgan fingerprint density at radius 1 is 0.962 bits per heavy atom. The van der Waals surface area contributed by atoms with Gasteiger partial charge in [0.2, 0.25) is 10.0 Å². The van der Waals surface area contributed by atoms with Gasteiger partial charge in [-0.25, -0.2) is 12.8 Å². The van der Waals surface area contributed by atoms with Gasteiger partial charge in [-0.15, -0.1) is 0 Å². The molecular weight excluding hydrogens is 351 g/mol. The third-order valence-corrected chi connectivity index (χ3v) is 6.97. The summed E-state index contributed by atoms with van der Waals surface area (Å²) in [6, 6.07) is 12.0. The molecule has 0 aromatic heterocycles. The average Bonchev–Trinajstić information content (AvgIpc) is 2.61. The summed E-state index contributed by atoms with van der Waals surface area (Å²) < 4.78 is 40.4. The maximum absolute atomic E-state index is 13.0. The summed E-state index contributed by atoms with van der Waals surface area (Å²) in [5.74, 6) is -0.223. The molecule has 1 aliphatic heterocycles. The van der Waals surface area contributed by atoms with Gasteiger partial charge in [0, 0.05) is 32.7 Å². The van der Waals surface area contributed by atoms with Crippen LogP contribution in [0.25, 0.3) is 0 Å². The van der Waals surface area contributed by atoms with E-state index in [9.17, 15) is 12.8 Å². The van der Waals surface area contributed by atoms with Gasteiger partial charge in [0.15, 0.2) is 0 Å². The van der Waals surface area contributed by atoms with Crippen molar-refractivity contribution in [1.82, 2.24) is 9.21 Å². The fourth-order valence-corrected chi connectivity index (χ4v) is 4.99. The SMILES string of the molecule is Cc1ccc(S(=O)(=O)N2CCN(CCc3ccc(F)cc3)CC2)c(C)c1. The summed E-state index contributed by atoms with van der Waals surface area (Å²) in [7, 11) is -3.44. The largest absolute Gasteiger partial charge is 0.300 e. The average molecular weight is 376 g/mol. The zero-order valence-corrected chi connectivity index (χ0v) is 16.1. The van der Waals surface area contributed by atoms with Crippen LogP contribution in [0.2, 0.25) is 0 Å². The molecule has 0 unspecified atom stereocenters. The Kier molecular flexibility index (Phi) is 5.75. The van der Waals surface area contributed by atoms with E-state index in [1.807, 2.05) is 26.0 Å². The number of rotatable bonds is 5. The molecule has 26 heavy (non-hydrogen) atoms. The van der Waals surface area contributed by atoms with Crippen LogP contribution < -0.4 is 0 Å². The Bertz CT molecular complexity index is 858. The summed E-state index contributed by atoms with van der Waals surface area (Å²) in [5.41, 5.74) is 2.95. The highest BCUT2D eigenvalue weighted by molar-refractivity contribution is 7.89. The van der Waals surface area contributed by atoms with Crippen molar-refractivity contribution in [2.45, 2.75) is 25.2 Å². The Morgan fingerprint density at radius 2 is 1.62 bits per heavy atom. The Morgan fingerprint density at radius 3 is 2.23 bits per heavy atom. The fourth-order valence-electron chi connectivity index (χ4n) is 3.36. The molecule has 0 radical (unpaired) electrons. The summed E-state index contributed by atoms with van der Waals surface area (Å²) in [6.45, 7) is 7.08. The minimum Gasteiger partial charge on any atom is -0.300 e. The maximum atomic E-state index is 13.0. The number of piperazine rings is 1. The first-order chi connectivity index (χ1) is 12.4. The Labute approximate surface area is 155 Å². The van der Waals surface area contributed by atoms with Crippen LogP contribution in [0.15, 0.2) is 47.4 Å². The van der Waals surface area contributed by atoms with E-state index < -0.39 is 10.0 Å². The molecule has 1 saturated heterocycles. The highest BCUT2D eigenvalue weighted by atomic mass is 32.2. The second kappa shape index (κ2) is 7.86. The van der Waals surface area contributed by atoms with Crippen LogP contribution >= 0.6 is 0 Å². The van der Waals surface area contributed by atoms with Crippen molar-refractivity contribution in [3.8, 4) is 0 Å². The van der Waals surface area contributed by atoms with Crippen LogP contribution in [0.3, 0.4) is 0 Å². The third kappa shape index (κ3) is 4.31. The van der Waals surface area contributed by atoms with Crippen molar-refractivity contribution in [1.29, 1.82) is 0 Å². The van der Waals surface area contributed by atoms with Gasteiger partial charge in [-0.05, 0) is 49.6 Å². The first-order valence-electron chi connectivity index (χ1n) is 8.90. The molecule has 6 heteroatoms. The molecule has 1 aliphatic rings.